The molecule has 2 fully saturated rings. The summed E-state index contributed by atoms with van der Waals surface area (Å²) in [6, 6.07) is 0. The maximum absolute atomic E-state index is 11.5. The lowest BCUT2D eigenvalue weighted by Gasteiger charge is -2.61. The van der Waals surface area contributed by atoms with Crippen LogP contribution in [0.4, 0.5) is 0 Å². The third-order valence-electron chi connectivity index (χ3n) is 4.69. The van der Waals surface area contributed by atoms with Crippen LogP contribution in [0.5, 0.6) is 0 Å². The highest BCUT2D eigenvalue weighted by Gasteiger charge is 2.70. The van der Waals surface area contributed by atoms with Crippen LogP contribution in [-0.4, -0.2) is 12.1 Å². The Labute approximate surface area is 79.7 Å². The molecule has 0 bridgehead atoms. The van der Waals surface area contributed by atoms with Gasteiger partial charge in [-0.1, -0.05) is 27.7 Å². The first-order valence-electron chi connectivity index (χ1n) is 5.00. The average Bonchev–Trinajstić information content (AvgIpc) is 2.24. The van der Waals surface area contributed by atoms with Crippen LogP contribution >= 0.6 is 0 Å². The third kappa shape index (κ3) is 0.773. The smallest absolute Gasteiger partial charge is 0.310 e. The van der Waals surface area contributed by atoms with Crippen molar-refractivity contribution >= 4 is 5.97 Å². The van der Waals surface area contributed by atoms with Gasteiger partial charge in [-0.05, 0) is 17.8 Å². The number of hydrogen-bond donors (Lipinski definition) is 0. The zero-order chi connectivity index (χ0) is 10.0. The van der Waals surface area contributed by atoms with E-state index in [1.807, 2.05) is 6.92 Å². The fourth-order valence-corrected chi connectivity index (χ4v) is 3.23. The minimum absolute atomic E-state index is 0.0156. The van der Waals surface area contributed by atoms with E-state index in [0.717, 1.165) is 0 Å². The predicted molar refractivity (Wildman–Crippen MR) is 50.1 cm³/mol. The average molecular weight is 182 g/mol. The number of cyclic esters (lactones) is 1. The highest BCUT2D eigenvalue weighted by Crippen LogP contribution is 2.68. The highest BCUT2D eigenvalue weighted by molar-refractivity contribution is 5.78. The Kier molecular flexibility index (Phi) is 1.46. The second-order valence-electron chi connectivity index (χ2n) is 5.59. The van der Waals surface area contributed by atoms with Crippen molar-refractivity contribution in [2.75, 3.05) is 0 Å². The minimum Gasteiger partial charge on any atom is -0.462 e. The molecular formula is C11H18O2. The van der Waals surface area contributed by atoms with Crippen molar-refractivity contribution < 1.29 is 9.53 Å². The van der Waals surface area contributed by atoms with E-state index < -0.39 is 0 Å². The van der Waals surface area contributed by atoms with Crippen LogP contribution in [0.3, 0.4) is 0 Å². The molecule has 2 nitrogen and oxygen atoms in total. The molecule has 3 atom stereocenters. The van der Waals surface area contributed by atoms with E-state index in [1.54, 1.807) is 0 Å². The number of rotatable bonds is 0. The topological polar surface area (TPSA) is 26.3 Å². The molecule has 1 saturated heterocycles. The number of hydrogen-bond acceptors (Lipinski definition) is 2. The number of esters is 1. The molecule has 13 heavy (non-hydrogen) atoms. The SMILES string of the molecule is C[C@H]1OC(=O)[C@@H]2[C@H]1C(C)(C)C2(C)C. The highest BCUT2D eigenvalue weighted by atomic mass is 16.6. The molecule has 74 valence electrons. The summed E-state index contributed by atoms with van der Waals surface area (Å²) < 4.78 is 5.28. The predicted octanol–water partition coefficient (Wildman–Crippen LogP) is 2.23. The van der Waals surface area contributed by atoms with Gasteiger partial charge < -0.3 is 4.74 Å². The maximum Gasteiger partial charge on any atom is 0.310 e. The van der Waals surface area contributed by atoms with Crippen molar-refractivity contribution in [1.29, 1.82) is 0 Å². The normalized spacial score (nSPS) is 45.0. The summed E-state index contributed by atoms with van der Waals surface area (Å²) in [4.78, 5) is 11.5. The Hall–Kier alpha value is -0.530. The Morgan fingerprint density at radius 2 is 1.69 bits per heavy atom. The zero-order valence-corrected chi connectivity index (χ0v) is 9.05. The van der Waals surface area contributed by atoms with Crippen molar-refractivity contribution in [3.05, 3.63) is 0 Å². The van der Waals surface area contributed by atoms with Crippen molar-refractivity contribution in [3.63, 3.8) is 0 Å². The molecule has 2 rings (SSSR count). The van der Waals surface area contributed by atoms with E-state index in [-0.39, 0.29) is 28.8 Å². The molecule has 1 heterocycles. The lowest BCUT2D eigenvalue weighted by Crippen LogP contribution is -2.61. The van der Waals surface area contributed by atoms with E-state index in [9.17, 15) is 4.79 Å². The van der Waals surface area contributed by atoms with E-state index in [4.69, 9.17) is 4.74 Å². The fourth-order valence-electron chi connectivity index (χ4n) is 3.23. The Morgan fingerprint density at radius 1 is 1.15 bits per heavy atom. The largest absolute Gasteiger partial charge is 0.462 e. The molecule has 0 unspecified atom stereocenters. The molecule has 0 aromatic rings. The van der Waals surface area contributed by atoms with Crippen LogP contribution in [0, 0.1) is 22.7 Å². The molecule has 0 aromatic carbocycles. The minimum atomic E-state index is 0.0156. The molecule has 2 heteroatoms. The summed E-state index contributed by atoms with van der Waals surface area (Å²) in [5.74, 6) is 0.578. The molecule has 0 spiro atoms. The number of carbonyl (C=O) groups excluding carboxylic acids is 1. The Bertz CT molecular complexity index is 265. The molecule has 0 radical (unpaired) electrons. The second-order valence-corrected chi connectivity index (χ2v) is 5.59. The van der Waals surface area contributed by atoms with Crippen LogP contribution in [0.15, 0.2) is 0 Å². The van der Waals surface area contributed by atoms with Gasteiger partial charge in [0.25, 0.3) is 0 Å². The van der Waals surface area contributed by atoms with Gasteiger partial charge in [0.2, 0.25) is 0 Å². The van der Waals surface area contributed by atoms with E-state index in [1.165, 1.54) is 0 Å². The van der Waals surface area contributed by atoms with E-state index >= 15 is 0 Å². The number of ether oxygens (including phenoxy) is 1. The Morgan fingerprint density at radius 3 is 2.15 bits per heavy atom. The molecule has 0 aromatic heterocycles. The van der Waals surface area contributed by atoms with Crippen molar-refractivity contribution in [1.82, 2.24) is 0 Å². The van der Waals surface area contributed by atoms with Gasteiger partial charge >= 0.3 is 5.97 Å². The van der Waals surface area contributed by atoms with Crippen molar-refractivity contribution in [2.24, 2.45) is 22.7 Å². The molecule has 0 N–H and O–H groups in total. The lowest BCUT2D eigenvalue weighted by molar-refractivity contribution is -0.168. The molecule has 1 aliphatic heterocycles. The summed E-state index contributed by atoms with van der Waals surface area (Å²) >= 11 is 0. The van der Waals surface area contributed by atoms with Gasteiger partial charge in [0.15, 0.2) is 0 Å². The summed E-state index contributed by atoms with van der Waals surface area (Å²) in [5, 5.41) is 0. The number of fused-ring (bicyclic) bond motifs is 1. The second kappa shape index (κ2) is 2.10. The van der Waals surface area contributed by atoms with Crippen LogP contribution < -0.4 is 0 Å². The van der Waals surface area contributed by atoms with Gasteiger partial charge in [0, 0.05) is 5.92 Å². The van der Waals surface area contributed by atoms with E-state index in [2.05, 4.69) is 27.7 Å². The zero-order valence-electron chi connectivity index (χ0n) is 9.05. The maximum atomic E-state index is 11.5. The summed E-state index contributed by atoms with van der Waals surface area (Å²) in [7, 11) is 0. The van der Waals surface area contributed by atoms with Crippen LogP contribution in [0.25, 0.3) is 0 Å². The summed E-state index contributed by atoms with van der Waals surface area (Å²) in [6.07, 6.45) is 0.112. The standard InChI is InChI=1S/C11H18O2/c1-6-7-8(9(12)13-6)11(4,5)10(7,2)3/h6-8H,1-5H3/t6-,7+,8+/m1/s1. The quantitative estimate of drug-likeness (QED) is 0.537. The first kappa shape index (κ1) is 9.04. The van der Waals surface area contributed by atoms with Crippen LogP contribution in [-0.2, 0) is 9.53 Å². The van der Waals surface area contributed by atoms with E-state index in [0.29, 0.717) is 5.92 Å². The monoisotopic (exact) mass is 182 g/mol. The molecule has 2 aliphatic rings. The summed E-state index contributed by atoms with van der Waals surface area (Å²) in [5.41, 5.74) is 0.322. The van der Waals surface area contributed by atoms with Gasteiger partial charge in [-0.2, -0.15) is 0 Å². The molecule has 1 aliphatic carbocycles. The van der Waals surface area contributed by atoms with Crippen LogP contribution in [0.1, 0.15) is 34.6 Å². The number of carbonyl (C=O) groups is 1. The summed E-state index contributed by atoms with van der Waals surface area (Å²) in [6.45, 7) is 10.8. The molecule has 1 saturated carbocycles. The van der Waals surface area contributed by atoms with Gasteiger partial charge in [0.05, 0.1) is 5.92 Å². The van der Waals surface area contributed by atoms with Gasteiger partial charge in [-0.3, -0.25) is 4.79 Å². The van der Waals surface area contributed by atoms with Crippen LogP contribution in [0.2, 0.25) is 0 Å². The third-order valence-corrected chi connectivity index (χ3v) is 4.69. The first-order chi connectivity index (χ1) is 5.80. The van der Waals surface area contributed by atoms with Gasteiger partial charge in [-0.25, -0.2) is 0 Å². The Balaban J connectivity index is 2.37. The van der Waals surface area contributed by atoms with Gasteiger partial charge in [-0.15, -0.1) is 0 Å². The van der Waals surface area contributed by atoms with Crippen molar-refractivity contribution in [2.45, 2.75) is 40.7 Å². The first-order valence-corrected chi connectivity index (χ1v) is 5.00. The fraction of sp³-hybridized carbons (Fsp3) is 0.909. The molecule has 0 amide bonds. The van der Waals surface area contributed by atoms with Crippen molar-refractivity contribution in [3.8, 4) is 0 Å². The van der Waals surface area contributed by atoms with Gasteiger partial charge in [0.1, 0.15) is 6.10 Å². The lowest BCUT2D eigenvalue weighted by atomic mass is 9.40. The molecular weight excluding hydrogens is 164 g/mol.